The Morgan fingerprint density at radius 1 is 1.35 bits per heavy atom. The average Bonchev–Trinajstić information content (AvgIpc) is 2.23. The number of nitrogen functional groups attached to an aromatic ring is 1. The Labute approximate surface area is 104 Å². The Hall–Kier alpha value is -1.29. The third-order valence-electron chi connectivity index (χ3n) is 2.82. The normalized spacial score (nSPS) is 12.8. The number of aromatic nitrogens is 1. The van der Waals surface area contributed by atoms with Gasteiger partial charge in [-0.3, -0.25) is 0 Å². The summed E-state index contributed by atoms with van der Waals surface area (Å²) in [5.41, 5.74) is 7.77. The number of aryl methyl sites for hydroxylation is 1. The van der Waals surface area contributed by atoms with Gasteiger partial charge < -0.3 is 15.5 Å². The second-order valence-corrected chi connectivity index (χ2v) is 4.76. The zero-order chi connectivity index (χ0) is 13.0. The molecule has 0 spiro atoms. The topological polar surface area (TPSA) is 45.4 Å². The van der Waals surface area contributed by atoms with E-state index in [1.165, 1.54) is 0 Å². The summed E-state index contributed by atoms with van der Waals surface area (Å²) in [7, 11) is 4.16. The van der Waals surface area contributed by atoms with E-state index in [1.807, 2.05) is 19.1 Å². The highest BCUT2D eigenvalue weighted by atomic mass is 15.2. The number of anilines is 2. The Balaban J connectivity index is 2.96. The molecule has 0 saturated heterocycles. The van der Waals surface area contributed by atoms with Crippen LogP contribution < -0.4 is 10.6 Å². The summed E-state index contributed by atoms with van der Waals surface area (Å²) < 4.78 is 0. The molecule has 0 amide bonds. The van der Waals surface area contributed by atoms with Gasteiger partial charge in [-0.2, -0.15) is 0 Å². The predicted octanol–water partition coefficient (Wildman–Crippen LogP) is 1.75. The second kappa shape index (κ2) is 5.87. The Morgan fingerprint density at radius 2 is 2.00 bits per heavy atom. The van der Waals surface area contributed by atoms with Crippen LogP contribution in [-0.2, 0) is 0 Å². The fraction of sp³-hybridized carbons (Fsp3) is 0.615. The van der Waals surface area contributed by atoms with Gasteiger partial charge in [0.05, 0.1) is 5.69 Å². The molecule has 0 aromatic carbocycles. The molecule has 0 aliphatic rings. The van der Waals surface area contributed by atoms with Crippen molar-refractivity contribution in [2.24, 2.45) is 0 Å². The van der Waals surface area contributed by atoms with Crippen LogP contribution in [0, 0.1) is 6.92 Å². The lowest BCUT2D eigenvalue weighted by Crippen LogP contribution is -2.41. The van der Waals surface area contributed by atoms with Gasteiger partial charge in [0, 0.05) is 24.8 Å². The molecular weight excluding hydrogens is 212 g/mol. The molecule has 0 radical (unpaired) electrons. The van der Waals surface area contributed by atoms with Crippen molar-refractivity contribution in [1.29, 1.82) is 0 Å². The maximum absolute atomic E-state index is 6.02. The summed E-state index contributed by atoms with van der Waals surface area (Å²) in [6.07, 6.45) is 0. The molecule has 4 nitrogen and oxygen atoms in total. The van der Waals surface area contributed by atoms with Crippen LogP contribution >= 0.6 is 0 Å². The summed E-state index contributed by atoms with van der Waals surface area (Å²) >= 11 is 0. The van der Waals surface area contributed by atoms with Gasteiger partial charge in [-0.15, -0.1) is 0 Å². The average molecular weight is 236 g/mol. The van der Waals surface area contributed by atoms with E-state index in [2.05, 4.69) is 42.7 Å². The molecule has 1 heterocycles. The lowest BCUT2D eigenvalue weighted by molar-refractivity contribution is 0.372. The largest absolute Gasteiger partial charge is 0.396 e. The van der Waals surface area contributed by atoms with Crippen molar-refractivity contribution in [2.75, 3.05) is 37.8 Å². The van der Waals surface area contributed by atoms with Crippen molar-refractivity contribution in [2.45, 2.75) is 26.8 Å². The Bertz CT molecular complexity index is 362. The minimum Gasteiger partial charge on any atom is -0.396 e. The number of rotatable bonds is 5. The van der Waals surface area contributed by atoms with Gasteiger partial charge in [0.25, 0.3) is 0 Å². The van der Waals surface area contributed by atoms with Crippen LogP contribution in [0.15, 0.2) is 12.1 Å². The lowest BCUT2D eigenvalue weighted by atomic mass is 10.2. The monoisotopic (exact) mass is 236 g/mol. The van der Waals surface area contributed by atoms with E-state index in [-0.39, 0.29) is 0 Å². The van der Waals surface area contributed by atoms with Crippen LogP contribution in [-0.4, -0.2) is 43.1 Å². The van der Waals surface area contributed by atoms with E-state index in [0.29, 0.717) is 6.04 Å². The van der Waals surface area contributed by atoms with E-state index in [1.54, 1.807) is 0 Å². The number of pyridine rings is 1. The third kappa shape index (κ3) is 3.60. The van der Waals surface area contributed by atoms with Crippen LogP contribution in [0.3, 0.4) is 0 Å². The van der Waals surface area contributed by atoms with Gasteiger partial charge in [-0.1, -0.05) is 0 Å². The SMILES string of the molecule is CCN(c1nc(C)ccc1N)C(C)CN(C)C. The first-order valence-corrected chi connectivity index (χ1v) is 6.10. The fourth-order valence-electron chi connectivity index (χ4n) is 2.08. The first-order chi connectivity index (χ1) is 7.95. The van der Waals surface area contributed by atoms with Crippen LogP contribution in [0.5, 0.6) is 0 Å². The van der Waals surface area contributed by atoms with Crippen molar-refractivity contribution in [3.05, 3.63) is 17.8 Å². The van der Waals surface area contributed by atoms with Crippen LogP contribution in [0.4, 0.5) is 11.5 Å². The quantitative estimate of drug-likeness (QED) is 0.846. The number of likely N-dealkylation sites (N-methyl/N-ethyl adjacent to an activating group) is 2. The van der Waals surface area contributed by atoms with E-state index >= 15 is 0 Å². The molecule has 0 aliphatic heterocycles. The molecule has 0 fully saturated rings. The maximum Gasteiger partial charge on any atom is 0.152 e. The third-order valence-corrected chi connectivity index (χ3v) is 2.82. The zero-order valence-electron chi connectivity index (χ0n) is 11.6. The summed E-state index contributed by atoms with van der Waals surface area (Å²) in [5.74, 6) is 0.904. The van der Waals surface area contributed by atoms with Crippen molar-refractivity contribution in [3.8, 4) is 0 Å². The Morgan fingerprint density at radius 3 is 2.53 bits per heavy atom. The van der Waals surface area contributed by atoms with Gasteiger partial charge >= 0.3 is 0 Å². The molecule has 0 saturated carbocycles. The van der Waals surface area contributed by atoms with Crippen LogP contribution in [0.2, 0.25) is 0 Å². The van der Waals surface area contributed by atoms with Crippen LogP contribution in [0.25, 0.3) is 0 Å². The van der Waals surface area contributed by atoms with Gasteiger partial charge in [0.2, 0.25) is 0 Å². The molecule has 1 atom stereocenters. The highest BCUT2D eigenvalue weighted by Gasteiger charge is 2.17. The maximum atomic E-state index is 6.02. The highest BCUT2D eigenvalue weighted by molar-refractivity contribution is 5.63. The summed E-state index contributed by atoms with van der Waals surface area (Å²) in [6.45, 7) is 8.23. The second-order valence-electron chi connectivity index (χ2n) is 4.76. The van der Waals surface area contributed by atoms with Gasteiger partial charge in [-0.05, 0) is 47.0 Å². The molecule has 1 aromatic rings. The van der Waals surface area contributed by atoms with Crippen molar-refractivity contribution < 1.29 is 0 Å². The van der Waals surface area contributed by atoms with Crippen LogP contribution in [0.1, 0.15) is 19.5 Å². The number of hydrogen-bond acceptors (Lipinski definition) is 4. The lowest BCUT2D eigenvalue weighted by Gasteiger charge is -2.32. The zero-order valence-corrected chi connectivity index (χ0v) is 11.6. The number of nitrogens with zero attached hydrogens (tertiary/aromatic N) is 3. The first kappa shape index (κ1) is 13.8. The molecule has 2 N–H and O–H groups in total. The smallest absolute Gasteiger partial charge is 0.152 e. The molecule has 96 valence electrons. The number of nitrogens with two attached hydrogens (primary N) is 1. The molecule has 1 aromatic heterocycles. The predicted molar refractivity (Wildman–Crippen MR) is 74.4 cm³/mol. The van der Waals surface area contributed by atoms with Crippen molar-refractivity contribution in [1.82, 2.24) is 9.88 Å². The van der Waals surface area contributed by atoms with E-state index in [9.17, 15) is 0 Å². The van der Waals surface area contributed by atoms with E-state index in [0.717, 1.165) is 30.3 Å². The molecule has 4 heteroatoms. The van der Waals surface area contributed by atoms with E-state index in [4.69, 9.17) is 5.73 Å². The standard InChI is InChI=1S/C13H24N4/c1-6-17(11(3)9-16(4)5)13-12(14)8-7-10(2)15-13/h7-8,11H,6,9,14H2,1-5H3. The number of hydrogen-bond donors (Lipinski definition) is 1. The molecular formula is C13H24N4. The summed E-state index contributed by atoms with van der Waals surface area (Å²) in [4.78, 5) is 8.99. The summed E-state index contributed by atoms with van der Waals surface area (Å²) in [5, 5.41) is 0. The van der Waals surface area contributed by atoms with Gasteiger partial charge in [0.1, 0.15) is 0 Å². The summed E-state index contributed by atoms with van der Waals surface area (Å²) in [6, 6.07) is 4.28. The minimum atomic E-state index is 0.395. The van der Waals surface area contributed by atoms with Gasteiger partial charge in [-0.25, -0.2) is 4.98 Å². The first-order valence-electron chi connectivity index (χ1n) is 6.10. The Kier molecular flexibility index (Phi) is 4.75. The van der Waals surface area contributed by atoms with E-state index < -0.39 is 0 Å². The molecule has 1 rings (SSSR count). The van der Waals surface area contributed by atoms with Crippen molar-refractivity contribution >= 4 is 11.5 Å². The van der Waals surface area contributed by atoms with Crippen molar-refractivity contribution in [3.63, 3.8) is 0 Å². The molecule has 1 unspecified atom stereocenters. The minimum absolute atomic E-state index is 0.395. The molecule has 0 aliphatic carbocycles. The molecule has 17 heavy (non-hydrogen) atoms. The molecule has 0 bridgehead atoms. The van der Waals surface area contributed by atoms with Gasteiger partial charge in [0.15, 0.2) is 5.82 Å². The fourth-order valence-corrected chi connectivity index (χ4v) is 2.08. The highest BCUT2D eigenvalue weighted by Crippen LogP contribution is 2.22.